The lowest BCUT2D eigenvalue weighted by Crippen LogP contribution is -2.27. The molecule has 1 amide bonds. The number of ether oxygens (including phenoxy) is 3. The van der Waals surface area contributed by atoms with Crippen molar-refractivity contribution in [1.29, 1.82) is 5.26 Å². The summed E-state index contributed by atoms with van der Waals surface area (Å²) in [5.74, 6) is 1.50. The van der Waals surface area contributed by atoms with Gasteiger partial charge in [0.2, 0.25) is 17.5 Å². The molecule has 0 saturated carbocycles. The molecule has 36 heavy (non-hydrogen) atoms. The summed E-state index contributed by atoms with van der Waals surface area (Å²) in [5.41, 5.74) is 3.44. The van der Waals surface area contributed by atoms with Gasteiger partial charge in [-0.3, -0.25) is 4.79 Å². The molecule has 182 valence electrons. The van der Waals surface area contributed by atoms with Crippen LogP contribution in [0.2, 0.25) is 0 Å². The fraction of sp³-hybridized carbons (Fsp3) is 0.185. The topological polar surface area (TPSA) is 120 Å². The van der Waals surface area contributed by atoms with Crippen LogP contribution in [-0.4, -0.2) is 37.4 Å². The SMILES string of the molecule is COc1cc(C(C#N)NC(=O)c2ccc(-c3nnc(-c4cccc(C)c4)o3)cc2)cc(OC)c1OC. The van der Waals surface area contributed by atoms with Crippen LogP contribution in [-0.2, 0) is 0 Å². The smallest absolute Gasteiger partial charge is 0.252 e. The number of benzene rings is 3. The molecule has 9 nitrogen and oxygen atoms in total. The lowest BCUT2D eigenvalue weighted by Gasteiger charge is -2.17. The van der Waals surface area contributed by atoms with E-state index >= 15 is 0 Å². The highest BCUT2D eigenvalue weighted by Crippen LogP contribution is 2.39. The number of aryl methyl sites for hydroxylation is 1. The van der Waals surface area contributed by atoms with Gasteiger partial charge in [0, 0.05) is 16.7 Å². The molecular weight excluding hydrogens is 460 g/mol. The number of methoxy groups -OCH3 is 3. The van der Waals surface area contributed by atoms with Gasteiger partial charge in [0.1, 0.15) is 6.04 Å². The number of nitriles is 1. The fourth-order valence-electron chi connectivity index (χ4n) is 3.67. The Morgan fingerprint density at radius 3 is 2.11 bits per heavy atom. The molecule has 1 N–H and O–H groups in total. The monoisotopic (exact) mass is 484 g/mol. The molecular formula is C27H24N4O5. The first-order chi connectivity index (χ1) is 17.5. The number of carbonyl (C=O) groups excluding carboxylic acids is 1. The average Bonchev–Trinajstić information content (AvgIpc) is 3.41. The summed E-state index contributed by atoms with van der Waals surface area (Å²) in [6, 6.07) is 18.9. The van der Waals surface area contributed by atoms with Gasteiger partial charge >= 0.3 is 0 Å². The van der Waals surface area contributed by atoms with E-state index in [9.17, 15) is 10.1 Å². The third kappa shape index (κ3) is 4.98. The van der Waals surface area contributed by atoms with E-state index in [1.807, 2.05) is 31.2 Å². The Labute approximate surface area is 208 Å². The van der Waals surface area contributed by atoms with Crippen molar-refractivity contribution in [2.75, 3.05) is 21.3 Å². The second-order valence-corrected chi connectivity index (χ2v) is 7.85. The van der Waals surface area contributed by atoms with Gasteiger partial charge in [-0.1, -0.05) is 17.7 Å². The van der Waals surface area contributed by atoms with Crippen LogP contribution in [0.5, 0.6) is 17.2 Å². The van der Waals surface area contributed by atoms with Crippen LogP contribution < -0.4 is 19.5 Å². The number of carbonyl (C=O) groups is 1. The third-order valence-corrected chi connectivity index (χ3v) is 5.51. The Bertz CT molecular complexity index is 1400. The average molecular weight is 485 g/mol. The van der Waals surface area contributed by atoms with E-state index in [2.05, 4.69) is 21.6 Å². The van der Waals surface area contributed by atoms with Crippen molar-refractivity contribution in [3.63, 3.8) is 0 Å². The molecule has 1 aromatic heterocycles. The maximum Gasteiger partial charge on any atom is 0.252 e. The summed E-state index contributed by atoms with van der Waals surface area (Å²) in [6.07, 6.45) is 0. The summed E-state index contributed by atoms with van der Waals surface area (Å²) >= 11 is 0. The van der Waals surface area contributed by atoms with Gasteiger partial charge < -0.3 is 23.9 Å². The van der Waals surface area contributed by atoms with Crippen molar-refractivity contribution >= 4 is 5.91 Å². The zero-order valence-electron chi connectivity index (χ0n) is 20.2. The Kier molecular flexibility index (Phi) is 7.16. The molecule has 0 aliphatic heterocycles. The highest BCUT2D eigenvalue weighted by molar-refractivity contribution is 5.95. The van der Waals surface area contributed by atoms with Crippen molar-refractivity contribution in [2.24, 2.45) is 0 Å². The maximum atomic E-state index is 12.9. The van der Waals surface area contributed by atoms with Gasteiger partial charge in [-0.2, -0.15) is 5.26 Å². The van der Waals surface area contributed by atoms with E-state index in [0.29, 0.717) is 45.7 Å². The lowest BCUT2D eigenvalue weighted by atomic mass is 10.1. The summed E-state index contributed by atoms with van der Waals surface area (Å²) in [5, 5.41) is 20.7. The van der Waals surface area contributed by atoms with E-state index < -0.39 is 11.9 Å². The van der Waals surface area contributed by atoms with Crippen molar-refractivity contribution in [3.05, 3.63) is 77.4 Å². The standard InChI is InChI=1S/C27H24N4O5/c1-16-6-5-7-19(12-16)27-31-30-26(36-27)18-10-8-17(9-11-18)25(32)29-21(15-28)20-13-22(33-2)24(35-4)23(14-20)34-3/h5-14,21H,1-4H3,(H,29,32). The van der Waals surface area contributed by atoms with Crippen LogP contribution in [0.4, 0.5) is 0 Å². The van der Waals surface area contributed by atoms with Crippen LogP contribution in [0, 0.1) is 18.3 Å². The molecule has 1 heterocycles. The molecule has 0 aliphatic carbocycles. The van der Waals surface area contributed by atoms with Crippen molar-refractivity contribution in [1.82, 2.24) is 15.5 Å². The zero-order chi connectivity index (χ0) is 25.7. The maximum absolute atomic E-state index is 12.9. The number of rotatable bonds is 8. The van der Waals surface area contributed by atoms with Gasteiger partial charge in [-0.15, -0.1) is 10.2 Å². The largest absolute Gasteiger partial charge is 0.493 e. The minimum absolute atomic E-state index is 0.339. The summed E-state index contributed by atoms with van der Waals surface area (Å²) < 4.78 is 21.8. The molecule has 0 spiro atoms. The number of hydrogen-bond donors (Lipinski definition) is 1. The minimum Gasteiger partial charge on any atom is -0.493 e. The molecule has 0 saturated heterocycles. The second kappa shape index (κ2) is 10.6. The van der Waals surface area contributed by atoms with Crippen LogP contribution in [0.1, 0.15) is 27.5 Å². The quantitative estimate of drug-likeness (QED) is 0.381. The Hall–Kier alpha value is -4.84. The number of nitrogens with one attached hydrogen (secondary N) is 1. The van der Waals surface area contributed by atoms with Crippen molar-refractivity contribution in [2.45, 2.75) is 13.0 Å². The minimum atomic E-state index is -0.946. The molecule has 9 heteroatoms. The molecule has 1 unspecified atom stereocenters. The zero-order valence-corrected chi connectivity index (χ0v) is 20.2. The van der Waals surface area contributed by atoms with Gasteiger partial charge in [0.15, 0.2) is 11.5 Å². The molecule has 0 bridgehead atoms. The molecule has 4 rings (SSSR count). The number of amides is 1. The second-order valence-electron chi connectivity index (χ2n) is 7.85. The molecule has 0 fully saturated rings. The van der Waals surface area contributed by atoms with Crippen LogP contribution in [0.3, 0.4) is 0 Å². The Morgan fingerprint density at radius 1 is 0.917 bits per heavy atom. The Balaban J connectivity index is 1.51. The molecule has 0 radical (unpaired) electrons. The predicted octanol–water partition coefficient (Wildman–Crippen LogP) is 4.73. The van der Waals surface area contributed by atoms with E-state index in [0.717, 1.165) is 11.1 Å². The van der Waals surface area contributed by atoms with Crippen LogP contribution >= 0.6 is 0 Å². The van der Waals surface area contributed by atoms with Gasteiger partial charge in [-0.25, -0.2) is 0 Å². The first-order valence-electron chi connectivity index (χ1n) is 11.0. The van der Waals surface area contributed by atoms with Gasteiger partial charge in [0.25, 0.3) is 5.91 Å². The highest BCUT2D eigenvalue weighted by Gasteiger charge is 2.21. The molecule has 3 aromatic carbocycles. The Morgan fingerprint density at radius 2 is 1.56 bits per heavy atom. The summed E-state index contributed by atoms with van der Waals surface area (Å²) in [6.45, 7) is 1.99. The van der Waals surface area contributed by atoms with Crippen molar-refractivity contribution in [3.8, 4) is 46.2 Å². The summed E-state index contributed by atoms with van der Waals surface area (Å²) in [4.78, 5) is 12.9. The van der Waals surface area contributed by atoms with E-state index in [-0.39, 0.29) is 0 Å². The van der Waals surface area contributed by atoms with Gasteiger partial charge in [-0.05, 0) is 61.0 Å². The summed E-state index contributed by atoms with van der Waals surface area (Å²) in [7, 11) is 4.45. The first kappa shape index (κ1) is 24.3. The van der Waals surface area contributed by atoms with Crippen LogP contribution in [0.25, 0.3) is 22.9 Å². The van der Waals surface area contributed by atoms with E-state index in [1.165, 1.54) is 21.3 Å². The first-order valence-corrected chi connectivity index (χ1v) is 11.0. The van der Waals surface area contributed by atoms with E-state index in [4.69, 9.17) is 18.6 Å². The fourth-order valence-corrected chi connectivity index (χ4v) is 3.67. The van der Waals surface area contributed by atoms with Crippen molar-refractivity contribution < 1.29 is 23.4 Å². The number of hydrogen-bond acceptors (Lipinski definition) is 8. The van der Waals surface area contributed by atoms with E-state index in [1.54, 1.807) is 36.4 Å². The predicted molar refractivity (Wildman–Crippen MR) is 132 cm³/mol. The molecule has 0 aliphatic rings. The third-order valence-electron chi connectivity index (χ3n) is 5.51. The molecule has 4 aromatic rings. The van der Waals surface area contributed by atoms with Crippen LogP contribution in [0.15, 0.2) is 65.1 Å². The lowest BCUT2D eigenvalue weighted by molar-refractivity contribution is 0.0945. The normalized spacial score (nSPS) is 11.3. The molecule has 1 atom stereocenters. The number of nitrogens with zero attached hydrogens (tertiary/aromatic N) is 3. The number of aromatic nitrogens is 2. The highest BCUT2D eigenvalue weighted by atomic mass is 16.5. The van der Waals surface area contributed by atoms with Gasteiger partial charge in [0.05, 0.1) is 27.4 Å².